The van der Waals surface area contributed by atoms with Crippen molar-refractivity contribution in [3.63, 3.8) is 0 Å². The Hall–Kier alpha value is -2.77. The van der Waals surface area contributed by atoms with Crippen molar-refractivity contribution in [2.45, 2.75) is 45.7 Å². The van der Waals surface area contributed by atoms with Crippen LogP contribution in [0.5, 0.6) is 11.5 Å². The summed E-state index contributed by atoms with van der Waals surface area (Å²) in [6.45, 7) is 5.95. The normalized spacial score (nSPS) is 20.3. The van der Waals surface area contributed by atoms with E-state index in [0.717, 1.165) is 6.42 Å². The van der Waals surface area contributed by atoms with Crippen molar-refractivity contribution >= 4 is 23.4 Å². The zero-order chi connectivity index (χ0) is 19.6. The molecule has 8 nitrogen and oxygen atoms in total. The van der Waals surface area contributed by atoms with Crippen LogP contribution in [-0.4, -0.2) is 43.1 Å². The van der Waals surface area contributed by atoms with Gasteiger partial charge in [-0.1, -0.05) is 6.92 Å². The Morgan fingerprint density at radius 1 is 1.22 bits per heavy atom. The zero-order valence-corrected chi connectivity index (χ0v) is 15.8. The number of nitrogens with one attached hydrogen (secondary N) is 2. The summed E-state index contributed by atoms with van der Waals surface area (Å²) in [6.07, 6.45) is 0.925. The first kappa shape index (κ1) is 19.0. The maximum Gasteiger partial charge on any atom is 0.242 e. The van der Waals surface area contributed by atoms with Gasteiger partial charge in [-0.25, -0.2) is 0 Å². The van der Waals surface area contributed by atoms with Crippen LogP contribution in [0.25, 0.3) is 0 Å². The summed E-state index contributed by atoms with van der Waals surface area (Å²) < 4.78 is 10.6. The summed E-state index contributed by atoms with van der Waals surface area (Å²) in [5, 5.41) is 5.55. The molecule has 2 N–H and O–H groups in total. The highest BCUT2D eigenvalue weighted by molar-refractivity contribution is 6.01. The number of ether oxygens (including phenoxy) is 2. The van der Waals surface area contributed by atoms with E-state index in [1.807, 2.05) is 13.8 Å². The largest absolute Gasteiger partial charge is 0.454 e. The van der Waals surface area contributed by atoms with E-state index in [2.05, 4.69) is 10.6 Å². The number of fused-ring (bicyclic) bond motifs is 1. The lowest BCUT2D eigenvalue weighted by Crippen LogP contribution is -2.49. The fraction of sp³-hybridized carbons (Fsp3) is 0.526. The molecular weight excluding hydrogens is 350 g/mol. The quantitative estimate of drug-likeness (QED) is 0.778. The first-order valence-corrected chi connectivity index (χ1v) is 9.19. The second-order valence-corrected chi connectivity index (χ2v) is 6.99. The minimum absolute atomic E-state index is 0.0476. The SMILES string of the molecule is CCC(C)NC(=O)C(C)NC(=O)C1CC(=O)N(c2ccc3c(c2)OCO3)C1. The molecule has 1 aromatic rings. The second kappa shape index (κ2) is 7.85. The van der Waals surface area contributed by atoms with E-state index in [-0.39, 0.29) is 43.5 Å². The maximum absolute atomic E-state index is 12.5. The summed E-state index contributed by atoms with van der Waals surface area (Å²) in [4.78, 5) is 38.6. The molecular formula is C19H25N3O5. The zero-order valence-electron chi connectivity index (χ0n) is 15.8. The molecule has 1 saturated heterocycles. The van der Waals surface area contributed by atoms with E-state index in [1.54, 1.807) is 30.0 Å². The van der Waals surface area contributed by atoms with E-state index in [4.69, 9.17) is 9.47 Å². The Balaban J connectivity index is 1.60. The van der Waals surface area contributed by atoms with Crippen molar-refractivity contribution in [3.05, 3.63) is 18.2 Å². The Labute approximate surface area is 158 Å². The molecule has 27 heavy (non-hydrogen) atoms. The van der Waals surface area contributed by atoms with Gasteiger partial charge in [0.25, 0.3) is 0 Å². The van der Waals surface area contributed by atoms with Crippen LogP contribution in [0.15, 0.2) is 18.2 Å². The van der Waals surface area contributed by atoms with Crippen LogP contribution in [0.3, 0.4) is 0 Å². The van der Waals surface area contributed by atoms with Crippen LogP contribution in [0.1, 0.15) is 33.6 Å². The van der Waals surface area contributed by atoms with Gasteiger partial charge in [-0.2, -0.15) is 0 Å². The van der Waals surface area contributed by atoms with Crippen molar-refractivity contribution in [2.24, 2.45) is 5.92 Å². The highest BCUT2D eigenvalue weighted by atomic mass is 16.7. The van der Waals surface area contributed by atoms with Gasteiger partial charge >= 0.3 is 0 Å². The summed E-state index contributed by atoms with van der Waals surface area (Å²) in [5.41, 5.74) is 0.669. The highest BCUT2D eigenvalue weighted by Crippen LogP contribution is 2.37. The van der Waals surface area contributed by atoms with E-state index >= 15 is 0 Å². The van der Waals surface area contributed by atoms with Gasteiger partial charge in [0.05, 0.1) is 5.92 Å². The average Bonchev–Trinajstić information content (AvgIpc) is 3.26. The Morgan fingerprint density at radius 2 is 1.96 bits per heavy atom. The van der Waals surface area contributed by atoms with Crippen molar-refractivity contribution in [1.82, 2.24) is 10.6 Å². The molecule has 3 unspecified atom stereocenters. The number of hydrogen-bond acceptors (Lipinski definition) is 5. The minimum Gasteiger partial charge on any atom is -0.454 e. The number of carbonyl (C=O) groups is 3. The fourth-order valence-electron chi connectivity index (χ4n) is 3.05. The average molecular weight is 375 g/mol. The fourth-order valence-corrected chi connectivity index (χ4v) is 3.05. The summed E-state index contributed by atoms with van der Waals surface area (Å²) in [7, 11) is 0. The van der Waals surface area contributed by atoms with Gasteiger partial charge < -0.3 is 25.0 Å². The van der Waals surface area contributed by atoms with E-state index in [1.165, 1.54) is 0 Å². The standard InChI is InChI=1S/C19H25N3O5/c1-4-11(2)20-18(24)12(3)21-19(25)13-7-17(23)22(9-13)14-5-6-15-16(8-14)27-10-26-15/h5-6,8,11-13H,4,7,9-10H2,1-3H3,(H,20,24)(H,21,25). The Bertz CT molecular complexity index is 751. The molecule has 0 aliphatic carbocycles. The summed E-state index contributed by atoms with van der Waals surface area (Å²) in [5.74, 6) is 0.0740. The lowest BCUT2D eigenvalue weighted by molar-refractivity contribution is -0.131. The van der Waals surface area contributed by atoms with E-state index in [9.17, 15) is 14.4 Å². The third kappa shape index (κ3) is 4.15. The second-order valence-electron chi connectivity index (χ2n) is 6.99. The molecule has 0 aromatic heterocycles. The molecule has 0 bridgehead atoms. The molecule has 1 fully saturated rings. The first-order chi connectivity index (χ1) is 12.9. The molecule has 2 heterocycles. The molecule has 0 radical (unpaired) electrons. The molecule has 3 amide bonds. The topological polar surface area (TPSA) is 97.0 Å². The Morgan fingerprint density at radius 3 is 2.70 bits per heavy atom. The number of nitrogens with zero attached hydrogens (tertiary/aromatic N) is 1. The predicted molar refractivity (Wildman–Crippen MR) is 98.5 cm³/mol. The van der Waals surface area contributed by atoms with Crippen molar-refractivity contribution in [2.75, 3.05) is 18.2 Å². The van der Waals surface area contributed by atoms with Crippen molar-refractivity contribution in [3.8, 4) is 11.5 Å². The van der Waals surface area contributed by atoms with Gasteiger partial charge in [-0.15, -0.1) is 0 Å². The number of anilines is 1. The molecule has 3 atom stereocenters. The molecule has 0 saturated carbocycles. The third-order valence-corrected chi connectivity index (χ3v) is 4.92. The predicted octanol–water partition coefficient (Wildman–Crippen LogP) is 1.19. The number of carbonyl (C=O) groups excluding carboxylic acids is 3. The van der Waals surface area contributed by atoms with Gasteiger partial charge in [0.2, 0.25) is 24.5 Å². The monoisotopic (exact) mass is 375 g/mol. The van der Waals surface area contributed by atoms with Gasteiger partial charge in [0, 0.05) is 30.8 Å². The van der Waals surface area contributed by atoms with Gasteiger partial charge in [-0.05, 0) is 32.4 Å². The molecule has 8 heteroatoms. The summed E-state index contributed by atoms with van der Waals surface area (Å²) in [6, 6.07) is 4.66. The number of benzene rings is 1. The number of amides is 3. The molecule has 3 rings (SSSR count). The van der Waals surface area contributed by atoms with Gasteiger partial charge in [0.1, 0.15) is 6.04 Å². The van der Waals surface area contributed by atoms with E-state index in [0.29, 0.717) is 17.2 Å². The Kier molecular flexibility index (Phi) is 5.53. The molecule has 2 aliphatic heterocycles. The first-order valence-electron chi connectivity index (χ1n) is 9.19. The minimum atomic E-state index is -0.652. The molecule has 0 spiro atoms. The van der Waals surface area contributed by atoms with Crippen LogP contribution in [0.4, 0.5) is 5.69 Å². The summed E-state index contributed by atoms with van der Waals surface area (Å²) >= 11 is 0. The van der Waals surface area contributed by atoms with Crippen LogP contribution in [0, 0.1) is 5.92 Å². The van der Waals surface area contributed by atoms with Crippen LogP contribution < -0.4 is 25.0 Å². The maximum atomic E-state index is 12.5. The van der Waals surface area contributed by atoms with Crippen molar-refractivity contribution < 1.29 is 23.9 Å². The number of rotatable bonds is 6. The van der Waals surface area contributed by atoms with Crippen LogP contribution in [-0.2, 0) is 14.4 Å². The number of hydrogen-bond donors (Lipinski definition) is 2. The lowest BCUT2D eigenvalue weighted by atomic mass is 10.1. The molecule has 1 aromatic carbocycles. The van der Waals surface area contributed by atoms with Crippen molar-refractivity contribution in [1.29, 1.82) is 0 Å². The molecule has 2 aliphatic rings. The molecule has 146 valence electrons. The highest BCUT2D eigenvalue weighted by Gasteiger charge is 2.36. The van der Waals surface area contributed by atoms with Gasteiger partial charge in [-0.3, -0.25) is 14.4 Å². The van der Waals surface area contributed by atoms with Crippen LogP contribution in [0.2, 0.25) is 0 Å². The smallest absolute Gasteiger partial charge is 0.242 e. The van der Waals surface area contributed by atoms with Crippen LogP contribution >= 0.6 is 0 Å². The third-order valence-electron chi connectivity index (χ3n) is 4.92. The van der Waals surface area contributed by atoms with E-state index < -0.39 is 12.0 Å². The lowest BCUT2D eigenvalue weighted by Gasteiger charge is -2.20. The van der Waals surface area contributed by atoms with Gasteiger partial charge in [0.15, 0.2) is 11.5 Å².